The maximum atomic E-state index is 11.2. The van der Waals surface area contributed by atoms with Gasteiger partial charge in [-0.1, -0.05) is 0 Å². The molecule has 0 bridgehead atoms. The second-order valence-electron chi connectivity index (χ2n) is 5.26. The van der Waals surface area contributed by atoms with Crippen LogP contribution >= 0.6 is 0 Å². The first-order valence-electron chi connectivity index (χ1n) is 6.35. The van der Waals surface area contributed by atoms with E-state index in [0.717, 1.165) is 0 Å². The van der Waals surface area contributed by atoms with Crippen molar-refractivity contribution in [3.8, 4) is 0 Å². The Balaban J connectivity index is 2.93. The van der Waals surface area contributed by atoms with E-state index < -0.39 is 48.4 Å². The molecule has 20 heavy (non-hydrogen) atoms. The number of rotatable bonds is 5. The third-order valence-electron chi connectivity index (χ3n) is 3.36. The quantitative estimate of drug-likeness (QED) is 0.404. The highest BCUT2D eigenvalue weighted by molar-refractivity contribution is 5.77. The standard InChI is InChI=1S/C12H21NO7/c1-6(15)13-10-8(17)4-12(2,11(18)19)20-9(10)3-7(16)5-14/h7-10,14,16-17H,3-5H2,1-2H3,(H,13,15)(H,18,19)/t7-,8+,9?,10?,12+/m0/s1. The van der Waals surface area contributed by atoms with Crippen LogP contribution in [0.15, 0.2) is 0 Å². The molecule has 0 spiro atoms. The van der Waals surface area contributed by atoms with Crippen molar-refractivity contribution in [2.24, 2.45) is 0 Å². The molecule has 1 heterocycles. The monoisotopic (exact) mass is 291 g/mol. The highest BCUT2D eigenvalue weighted by Crippen LogP contribution is 2.31. The molecule has 0 radical (unpaired) electrons. The topological polar surface area (TPSA) is 136 Å². The molecule has 0 aromatic rings. The number of nitrogens with one attached hydrogen (secondary N) is 1. The van der Waals surface area contributed by atoms with Gasteiger partial charge < -0.3 is 30.5 Å². The molecule has 1 aliphatic rings. The van der Waals surface area contributed by atoms with Crippen molar-refractivity contribution in [2.75, 3.05) is 6.61 Å². The number of ether oxygens (including phenoxy) is 1. The van der Waals surface area contributed by atoms with E-state index in [0.29, 0.717) is 0 Å². The maximum Gasteiger partial charge on any atom is 0.335 e. The van der Waals surface area contributed by atoms with E-state index in [2.05, 4.69) is 5.32 Å². The number of hydrogen-bond donors (Lipinski definition) is 5. The van der Waals surface area contributed by atoms with Gasteiger partial charge in [0.15, 0.2) is 5.60 Å². The summed E-state index contributed by atoms with van der Waals surface area (Å²) in [6, 6.07) is -0.832. The van der Waals surface area contributed by atoms with Crippen molar-refractivity contribution < 1.29 is 34.8 Å². The number of aliphatic hydroxyl groups excluding tert-OH is 3. The zero-order valence-electron chi connectivity index (χ0n) is 11.4. The lowest BCUT2D eigenvalue weighted by Crippen LogP contribution is -2.62. The number of amides is 1. The third kappa shape index (κ3) is 3.89. The minimum absolute atomic E-state index is 0.0959. The summed E-state index contributed by atoms with van der Waals surface area (Å²) in [6.07, 6.45) is -3.43. The van der Waals surface area contributed by atoms with E-state index in [4.69, 9.17) is 14.9 Å². The van der Waals surface area contributed by atoms with Gasteiger partial charge in [-0.2, -0.15) is 0 Å². The average molecular weight is 291 g/mol. The molecule has 1 amide bonds. The van der Waals surface area contributed by atoms with E-state index in [9.17, 15) is 19.8 Å². The van der Waals surface area contributed by atoms with Crippen molar-refractivity contribution >= 4 is 11.9 Å². The first kappa shape index (κ1) is 16.8. The van der Waals surface area contributed by atoms with Crippen LogP contribution < -0.4 is 5.32 Å². The Morgan fingerprint density at radius 3 is 2.55 bits per heavy atom. The molecule has 8 nitrogen and oxygen atoms in total. The summed E-state index contributed by atoms with van der Waals surface area (Å²) >= 11 is 0. The largest absolute Gasteiger partial charge is 0.479 e. The number of aliphatic hydroxyl groups is 3. The van der Waals surface area contributed by atoms with Crippen molar-refractivity contribution in [3.05, 3.63) is 0 Å². The number of carbonyl (C=O) groups is 2. The lowest BCUT2D eigenvalue weighted by molar-refractivity contribution is -0.203. The van der Waals surface area contributed by atoms with E-state index in [1.54, 1.807) is 0 Å². The van der Waals surface area contributed by atoms with Crippen molar-refractivity contribution in [1.82, 2.24) is 5.32 Å². The van der Waals surface area contributed by atoms with Gasteiger partial charge in [0.2, 0.25) is 5.91 Å². The first-order chi connectivity index (χ1) is 9.19. The second kappa shape index (κ2) is 6.49. The average Bonchev–Trinajstić information content (AvgIpc) is 2.33. The third-order valence-corrected chi connectivity index (χ3v) is 3.36. The summed E-state index contributed by atoms with van der Waals surface area (Å²) in [4.78, 5) is 22.4. The van der Waals surface area contributed by atoms with E-state index >= 15 is 0 Å². The Bertz CT molecular complexity index is 375. The summed E-state index contributed by atoms with van der Waals surface area (Å²) in [6.45, 7) is 2.06. The van der Waals surface area contributed by atoms with Crippen molar-refractivity contribution in [2.45, 2.75) is 56.6 Å². The molecule has 0 aromatic heterocycles. The summed E-state index contributed by atoms with van der Waals surface area (Å²) < 4.78 is 5.45. The van der Waals surface area contributed by atoms with Crippen LogP contribution in [0.3, 0.4) is 0 Å². The molecule has 1 fully saturated rings. The number of carboxylic acids is 1. The van der Waals surface area contributed by atoms with E-state index in [1.165, 1.54) is 13.8 Å². The maximum absolute atomic E-state index is 11.2. The van der Waals surface area contributed by atoms with Crippen LogP contribution in [0, 0.1) is 0 Å². The molecule has 116 valence electrons. The van der Waals surface area contributed by atoms with Crippen LogP contribution in [0.1, 0.15) is 26.7 Å². The fourth-order valence-corrected chi connectivity index (χ4v) is 2.33. The smallest absolute Gasteiger partial charge is 0.335 e. The molecular weight excluding hydrogens is 270 g/mol. The molecule has 1 aliphatic heterocycles. The van der Waals surface area contributed by atoms with Crippen molar-refractivity contribution in [3.63, 3.8) is 0 Å². The minimum Gasteiger partial charge on any atom is -0.479 e. The van der Waals surface area contributed by atoms with Gasteiger partial charge in [0.1, 0.15) is 0 Å². The number of carbonyl (C=O) groups excluding carboxylic acids is 1. The van der Waals surface area contributed by atoms with Gasteiger partial charge in [0.25, 0.3) is 0 Å². The van der Waals surface area contributed by atoms with E-state index in [-0.39, 0.29) is 12.8 Å². The highest BCUT2D eigenvalue weighted by atomic mass is 16.5. The van der Waals surface area contributed by atoms with Gasteiger partial charge >= 0.3 is 5.97 Å². The summed E-state index contributed by atoms with van der Waals surface area (Å²) in [7, 11) is 0. The van der Waals surface area contributed by atoms with Gasteiger partial charge in [-0.05, 0) is 6.92 Å². The van der Waals surface area contributed by atoms with Crippen LogP contribution in [0.25, 0.3) is 0 Å². The van der Waals surface area contributed by atoms with Crippen LogP contribution in [0.5, 0.6) is 0 Å². The summed E-state index contributed by atoms with van der Waals surface area (Å²) in [5.74, 6) is -1.64. The lowest BCUT2D eigenvalue weighted by atomic mass is 9.85. The van der Waals surface area contributed by atoms with Crippen LogP contribution in [0.4, 0.5) is 0 Å². The predicted molar refractivity (Wildman–Crippen MR) is 66.9 cm³/mol. The molecule has 0 aliphatic carbocycles. The molecule has 5 N–H and O–H groups in total. The fraction of sp³-hybridized carbons (Fsp3) is 0.833. The van der Waals surface area contributed by atoms with Gasteiger partial charge in [0, 0.05) is 19.8 Å². The number of aliphatic carboxylic acids is 1. The zero-order chi connectivity index (χ0) is 15.5. The van der Waals surface area contributed by atoms with Gasteiger partial charge in [-0.15, -0.1) is 0 Å². The minimum atomic E-state index is -1.60. The highest BCUT2D eigenvalue weighted by Gasteiger charge is 2.49. The van der Waals surface area contributed by atoms with E-state index in [1.807, 2.05) is 0 Å². The van der Waals surface area contributed by atoms with Crippen LogP contribution in [-0.4, -0.2) is 68.9 Å². The van der Waals surface area contributed by atoms with Crippen LogP contribution in [-0.2, 0) is 14.3 Å². The normalized spacial score (nSPS) is 35.4. The summed E-state index contributed by atoms with van der Waals surface area (Å²) in [5, 5.41) is 40.1. The predicted octanol–water partition coefficient (Wildman–Crippen LogP) is -1.77. The Morgan fingerprint density at radius 2 is 2.10 bits per heavy atom. The number of carboxylic acid groups (broad SMARTS) is 1. The Labute approximate surface area is 116 Å². The van der Waals surface area contributed by atoms with Crippen molar-refractivity contribution in [1.29, 1.82) is 0 Å². The van der Waals surface area contributed by atoms with Gasteiger partial charge in [0.05, 0.1) is 31.0 Å². The van der Waals surface area contributed by atoms with Gasteiger partial charge in [-0.3, -0.25) is 4.79 Å². The summed E-state index contributed by atoms with van der Waals surface area (Å²) in [5.41, 5.74) is -1.60. The molecule has 8 heteroatoms. The van der Waals surface area contributed by atoms with Gasteiger partial charge in [-0.25, -0.2) is 4.79 Å². The molecule has 0 saturated carbocycles. The number of hydrogen-bond acceptors (Lipinski definition) is 6. The molecular formula is C12H21NO7. The van der Waals surface area contributed by atoms with Crippen LogP contribution in [0.2, 0.25) is 0 Å². The second-order valence-corrected chi connectivity index (χ2v) is 5.26. The Kier molecular flexibility index (Phi) is 5.46. The first-order valence-corrected chi connectivity index (χ1v) is 6.35. The zero-order valence-corrected chi connectivity index (χ0v) is 11.4. The lowest BCUT2D eigenvalue weighted by Gasteiger charge is -2.44. The molecule has 5 atom stereocenters. The fourth-order valence-electron chi connectivity index (χ4n) is 2.33. The molecule has 1 saturated heterocycles. The Morgan fingerprint density at radius 1 is 1.50 bits per heavy atom. The molecule has 0 aromatic carbocycles. The molecule has 1 rings (SSSR count). The Hall–Kier alpha value is -1.22. The SMILES string of the molecule is CC(=O)NC1C(C[C@H](O)CO)O[C@@](C)(C(=O)O)C[C@H]1O. The molecule has 2 unspecified atom stereocenters.